The van der Waals surface area contributed by atoms with Crippen molar-refractivity contribution in [2.24, 2.45) is 16.7 Å². The van der Waals surface area contributed by atoms with Crippen molar-refractivity contribution in [3.8, 4) is 0 Å². The van der Waals surface area contributed by atoms with Crippen LogP contribution < -0.4 is 0 Å². The smallest absolute Gasteiger partial charge is 0.129 e. The van der Waals surface area contributed by atoms with Crippen molar-refractivity contribution in [2.75, 3.05) is 6.61 Å². The van der Waals surface area contributed by atoms with Crippen LogP contribution in [-0.4, -0.2) is 12.4 Å². The van der Waals surface area contributed by atoms with Gasteiger partial charge in [-0.25, -0.2) is 0 Å². The monoisotopic (exact) mass is 382 g/mol. The maximum Gasteiger partial charge on any atom is 0.129 e. The summed E-state index contributed by atoms with van der Waals surface area (Å²) >= 11 is 0. The summed E-state index contributed by atoms with van der Waals surface area (Å²) in [6, 6.07) is 0. The summed E-state index contributed by atoms with van der Waals surface area (Å²) in [6.07, 6.45) is 15.4. The Kier molecular flexibility index (Phi) is 6.08. The normalized spacial score (nSPS) is 33.4. The van der Waals surface area contributed by atoms with E-state index in [-0.39, 0.29) is 11.2 Å². The molecule has 0 saturated heterocycles. The Bertz CT molecular complexity index is 763. The summed E-state index contributed by atoms with van der Waals surface area (Å²) in [5.74, 6) is 2.25. The van der Waals surface area contributed by atoms with Gasteiger partial charge in [-0.15, -0.1) is 0 Å². The fourth-order valence-electron chi connectivity index (χ4n) is 5.49. The maximum absolute atomic E-state index is 9.81. The molecule has 0 aromatic carbocycles. The van der Waals surface area contributed by atoms with Gasteiger partial charge in [-0.2, -0.15) is 0 Å². The molecule has 0 heterocycles. The average molecular weight is 383 g/mol. The molecule has 0 spiro atoms. The quantitative estimate of drug-likeness (QED) is 0.521. The number of carbonyl (C=O) groups is 1. The molecule has 3 unspecified atom stereocenters. The van der Waals surface area contributed by atoms with Gasteiger partial charge in [0.05, 0.1) is 12.4 Å². The number of hydrogen-bond acceptors (Lipinski definition) is 2. The predicted molar refractivity (Wildman–Crippen MR) is 117 cm³/mol. The Hall–Kier alpha value is -1.57. The topological polar surface area (TPSA) is 26.3 Å². The van der Waals surface area contributed by atoms with E-state index in [1.807, 2.05) is 6.92 Å². The number of rotatable bonds is 3. The Morgan fingerprint density at radius 3 is 2.54 bits per heavy atom. The van der Waals surface area contributed by atoms with Gasteiger partial charge in [0, 0.05) is 18.3 Å². The average Bonchev–Trinajstić information content (AvgIpc) is 2.98. The van der Waals surface area contributed by atoms with Crippen molar-refractivity contribution >= 4 is 5.78 Å². The summed E-state index contributed by atoms with van der Waals surface area (Å²) in [7, 11) is 0. The van der Waals surface area contributed by atoms with Crippen LogP contribution in [0.4, 0.5) is 0 Å². The van der Waals surface area contributed by atoms with Crippen molar-refractivity contribution in [1.82, 2.24) is 0 Å². The lowest BCUT2D eigenvalue weighted by atomic mass is 9.56. The fourth-order valence-corrected chi connectivity index (χ4v) is 5.49. The molecule has 0 saturated carbocycles. The van der Waals surface area contributed by atoms with E-state index in [4.69, 9.17) is 4.74 Å². The van der Waals surface area contributed by atoms with Crippen molar-refractivity contribution in [3.63, 3.8) is 0 Å². The van der Waals surface area contributed by atoms with E-state index in [0.29, 0.717) is 11.8 Å². The highest BCUT2D eigenvalue weighted by atomic mass is 16.5. The first-order chi connectivity index (χ1) is 13.3. The van der Waals surface area contributed by atoms with Gasteiger partial charge >= 0.3 is 0 Å². The molecule has 0 amide bonds. The molecule has 0 fully saturated rings. The van der Waals surface area contributed by atoms with Crippen LogP contribution in [0.2, 0.25) is 0 Å². The molecule has 0 bridgehead atoms. The van der Waals surface area contributed by atoms with Crippen LogP contribution in [-0.2, 0) is 9.53 Å². The Labute approximate surface area is 171 Å². The molecule has 0 N–H and O–H groups in total. The van der Waals surface area contributed by atoms with Crippen molar-refractivity contribution in [2.45, 2.75) is 86.5 Å². The first-order valence-electron chi connectivity index (χ1n) is 11.2. The van der Waals surface area contributed by atoms with Crippen LogP contribution in [0.15, 0.2) is 46.3 Å². The minimum absolute atomic E-state index is 0.252. The molecular formula is C26H38O2. The van der Waals surface area contributed by atoms with E-state index in [0.717, 1.165) is 25.4 Å². The summed E-state index contributed by atoms with van der Waals surface area (Å²) in [5, 5.41) is 0. The van der Waals surface area contributed by atoms with E-state index in [2.05, 4.69) is 45.9 Å². The van der Waals surface area contributed by atoms with Crippen LogP contribution in [0.3, 0.4) is 0 Å². The molecule has 4 aliphatic carbocycles. The van der Waals surface area contributed by atoms with E-state index < -0.39 is 0 Å². The third kappa shape index (κ3) is 3.55. The predicted octanol–water partition coefficient (Wildman–Crippen LogP) is 7.09. The molecule has 0 aromatic heterocycles. The molecule has 0 radical (unpaired) electrons. The van der Waals surface area contributed by atoms with Gasteiger partial charge in [-0.1, -0.05) is 45.4 Å². The highest BCUT2D eigenvalue weighted by molar-refractivity contribution is 5.74. The lowest BCUT2D eigenvalue weighted by molar-refractivity contribution is -0.116. The zero-order chi connectivity index (χ0) is 20.5. The maximum atomic E-state index is 9.81. The molecule has 28 heavy (non-hydrogen) atoms. The van der Waals surface area contributed by atoms with E-state index in [9.17, 15) is 4.79 Å². The largest absolute Gasteiger partial charge is 0.498 e. The highest BCUT2D eigenvalue weighted by Crippen LogP contribution is 2.61. The lowest BCUT2D eigenvalue weighted by Gasteiger charge is -2.48. The molecule has 154 valence electrons. The third-order valence-corrected chi connectivity index (χ3v) is 7.81. The second-order valence-electron chi connectivity index (χ2n) is 9.42. The van der Waals surface area contributed by atoms with Gasteiger partial charge in [0.2, 0.25) is 0 Å². The van der Waals surface area contributed by atoms with Crippen molar-refractivity contribution < 1.29 is 9.53 Å². The molecular weight excluding hydrogens is 344 g/mol. The number of hydrogen-bond donors (Lipinski definition) is 0. The standard InChI is InChI=1S/C22H30O.C4H8O/c1-5-23-17-10-12-22(4)16(14-17)7-8-18-19-9-6-15(2)21(19,3)13-11-20(18)22;1-3-4(2)5/h7,9,14-15H,5-6,8,10-13H2,1-4H3;3H2,1-2H3. The van der Waals surface area contributed by atoms with Crippen LogP contribution in [0.25, 0.3) is 0 Å². The van der Waals surface area contributed by atoms with Gasteiger partial charge in [-0.05, 0) is 80.1 Å². The van der Waals surface area contributed by atoms with E-state index >= 15 is 0 Å². The Morgan fingerprint density at radius 1 is 1.18 bits per heavy atom. The van der Waals surface area contributed by atoms with Gasteiger partial charge in [-0.3, -0.25) is 0 Å². The number of ether oxygens (including phenoxy) is 1. The van der Waals surface area contributed by atoms with E-state index in [1.54, 1.807) is 23.6 Å². The van der Waals surface area contributed by atoms with Crippen LogP contribution in [0, 0.1) is 16.7 Å². The first-order valence-corrected chi connectivity index (χ1v) is 11.2. The Balaban J connectivity index is 0.000000403. The SMILES string of the molecule is CCC(C)=O.CCOC1=CC2=CCC3=C(CCC4(C)C3=CCC4C)C2(C)CC1. The molecule has 0 aliphatic heterocycles. The number of allylic oxidation sites excluding steroid dienone is 8. The zero-order valence-corrected chi connectivity index (χ0v) is 18.8. The second kappa shape index (κ2) is 8.05. The summed E-state index contributed by atoms with van der Waals surface area (Å²) in [6.45, 7) is 13.7. The summed E-state index contributed by atoms with van der Waals surface area (Å²) in [5.41, 5.74) is 7.34. The van der Waals surface area contributed by atoms with Crippen LogP contribution >= 0.6 is 0 Å². The zero-order valence-electron chi connectivity index (χ0n) is 18.8. The summed E-state index contributed by atoms with van der Waals surface area (Å²) < 4.78 is 5.81. The van der Waals surface area contributed by atoms with Crippen molar-refractivity contribution in [1.29, 1.82) is 0 Å². The molecule has 4 aliphatic rings. The third-order valence-electron chi connectivity index (χ3n) is 7.81. The molecule has 3 atom stereocenters. The minimum atomic E-state index is 0.252. The number of ketones is 1. The van der Waals surface area contributed by atoms with Crippen LogP contribution in [0.5, 0.6) is 0 Å². The molecule has 2 nitrogen and oxygen atoms in total. The highest BCUT2D eigenvalue weighted by Gasteiger charge is 2.48. The first kappa shape index (κ1) is 21.1. The van der Waals surface area contributed by atoms with Crippen molar-refractivity contribution in [3.05, 3.63) is 46.3 Å². The number of fused-ring (bicyclic) bond motifs is 4. The van der Waals surface area contributed by atoms with Gasteiger partial charge in [0.15, 0.2) is 0 Å². The molecule has 2 heteroatoms. The Morgan fingerprint density at radius 2 is 1.89 bits per heavy atom. The number of carbonyl (C=O) groups excluding carboxylic acids is 1. The minimum Gasteiger partial charge on any atom is -0.498 e. The summed E-state index contributed by atoms with van der Waals surface area (Å²) in [4.78, 5) is 9.81. The van der Waals surface area contributed by atoms with Gasteiger partial charge in [0.25, 0.3) is 0 Å². The van der Waals surface area contributed by atoms with E-state index in [1.165, 1.54) is 37.0 Å². The number of Topliss-reactive ketones (excluding diaryl/α,β-unsaturated/α-hetero) is 1. The molecule has 0 aromatic rings. The molecule has 4 rings (SSSR count). The fraction of sp³-hybridized carbons (Fsp3) is 0.654. The second-order valence-corrected chi connectivity index (χ2v) is 9.42. The van der Waals surface area contributed by atoms with Crippen LogP contribution in [0.1, 0.15) is 86.5 Å². The lowest BCUT2D eigenvalue weighted by Crippen LogP contribution is -2.35. The van der Waals surface area contributed by atoms with Gasteiger partial charge in [0.1, 0.15) is 5.78 Å². The van der Waals surface area contributed by atoms with Gasteiger partial charge < -0.3 is 9.53 Å².